The maximum absolute atomic E-state index is 9.39. The molecule has 0 spiro atoms. The van der Waals surface area contributed by atoms with Gasteiger partial charge < -0.3 is 14.6 Å². The lowest BCUT2D eigenvalue weighted by Crippen LogP contribution is -2.24. The highest BCUT2D eigenvalue weighted by molar-refractivity contribution is 4.84. The normalized spacial score (nSPS) is 20.6. The zero-order valence-electron chi connectivity index (χ0n) is 9.29. The molecule has 0 aromatic heterocycles. The van der Waals surface area contributed by atoms with Crippen LogP contribution in [-0.4, -0.2) is 32.2 Å². The van der Waals surface area contributed by atoms with E-state index in [1.165, 1.54) is 12.8 Å². The van der Waals surface area contributed by atoms with Crippen molar-refractivity contribution in [3.63, 3.8) is 0 Å². The number of hydrogen-bond donors (Lipinski definition) is 1. The maximum atomic E-state index is 9.39. The molecule has 0 aliphatic heterocycles. The van der Waals surface area contributed by atoms with E-state index in [0.717, 1.165) is 25.7 Å². The molecule has 1 aliphatic carbocycles. The average molecular weight is 202 g/mol. The summed E-state index contributed by atoms with van der Waals surface area (Å²) in [5.74, 6) is 0. The number of hydrogen-bond acceptors (Lipinski definition) is 3. The fourth-order valence-electron chi connectivity index (χ4n) is 2.37. The molecule has 0 aromatic rings. The zero-order chi connectivity index (χ0) is 10.4. The summed E-state index contributed by atoms with van der Waals surface area (Å²) in [6, 6.07) is 0. The van der Waals surface area contributed by atoms with Crippen molar-refractivity contribution in [2.45, 2.75) is 44.8 Å². The number of aliphatic hydroxyl groups excluding tert-OH is 1. The molecule has 1 N–H and O–H groups in total. The Morgan fingerprint density at radius 2 is 1.79 bits per heavy atom. The Morgan fingerprint density at radius 1 is 1.21 bits per heavy atom. The molecule has 84 valence electrons. The van der Waals surface area contributed by atoms with Crippen molar-refractivity contribution in [2.24, 2.45) is 5.41 Å². The van der Waals surface area contributed by atoms with Gasteiger partial charge in [0.15, 0.2) is 6.29 Å². The highest BCUT2D eigenvalue weighted by Crippen LogP contribution is 2.41. The monoisotopic (exact) mass is 202 g/mol. The first-order valence-corrected chi connectivity index (χ1v) is 5.43. The topological polar surface area (TPSA) is 38.7 Å². The van der Waals surface area contributed by atoms with Crippen molar-refractivity contribution in [3.8, 4) is 0 Å². The Balaban J connectivity index is 2.33. The van der Waals surface area contributed by atoms with Crippen LogP contribution in [0.4, 0.5) is 0 Å². The van der Waals surface area contributed by atoms with Crippen LogP contribution in [0.3, 0.4) is 0 Å². The Hall–Kier alpha value is -0.120. The molecule has 0 atom stereocenters. The fraction of sp³-hybridized carbons (Fsp3) is 1.00. The minimum atomic E-state index is -0.112. The van der Waals surface area contributed by atoms with Crippen LogP contribution in [0.1, 0.15) is 38.5 Å². The lowest BCUT2D eigenvalue weighted by Gasteiger charge is -2.27. The van der Waals surface area contributed by atoms with Gasteiger partial charge in [-0.25, -0.2) is 0 Å². The van der Waals surface area contributed by atoms with E-state index in [1.807, 2.05) is 0 Å². The standard InChI is InChI=1S/C11H22O3/c1-13-10(14-2)5-8-11(9-12)6-3-4-7-11/h10,12H,3-9H2,1-2H3. The smallest absolute Gasteiger partial charge is 0.156 e. The molecule has 0 heterocycles. The summed E-state index contributed by atoms with van der Waals surface area (Å²) in [6.07, 6.45) is 6.60. The van der Waals surface area contributed by atoms with E-state index in [2.05, 4.69) is 0 Å². The molecule has 3 heteroatoms. The number of rotatable bonds is 6. The number of aliphatic hydroxyl groups is 1. The molecule has 0 aromatic carbocycles. The number of ether oxygens (including phenoxy) is 2. The first kappa shape index (κ1) is 12.0. The second-order valence-corrected chi connectivity index (χ2v) is 4.30. The van der Waals surface area contributed by atoms with E-state index in [9.17, 15) is 5.11 Å². The molecule has 1 fully saturated rings. The van der Waals surface area contributed by atoms with E-state index in [4.69, 9.17) is 9.47 Å². The van der Waals surface area contributed by atoms with Crippen LogP contribution in [0.15, 0.2) is 0 Å². The summed E-state index contributed by atoms with van der Waals surface area (Å²) in [6.45, 7) is 0.313. The molecule has 0 radical (unpaired) electrons. The van der Waals surface area contributed by atoms with Crippen LogP contribution in [0.2, 0.25) is 0 Å². The predicted octanol–water partition coefficient (Wildman–Crippen LogP) is 1.94. The van der Waals surface area contributed by atoms with Gasteiger partial charge in [0, 0.05) is 20.8 Å². The Kier molecular flexibility index (Phi) is 4.85. The first-order chi connectivity index (χ1) is 6.76. The van der Waals surface area contributed by atoms with Crippen molar-refractivity contribution in [1.29, 1.82) is 0 Å². The molecule has 1 rings (SSSR count). The van der Waals surface area contributed by atoms with Gasteiger partial charge in [0.05, 0.1) is 0 Å². The minimum Gasteiger partial charge on any atom is -0.396 e. The van der Waals surface area contributed by atoms with Crippen molar-refractivity contribution < 1.29 is 14.6 Å². The SMILES string of the molecule is COC(CCC1(CO)CCCC1)OC. The number of methoxy groups -OCH3 is 2. The second-order valence-electron chi connectivity index (χ2n) is 4.30. The molecule has 0 amide bonds. The van der Waals surface area contributed by atoms with Gasteiger partial charge in [-0.05, 0) is 31.1 Å². The largest absolute Gasteiger partial charge is 0.396 e. The summed E-state index contributed by atoms with van der Waals surface area (Å²) in [5.41, 5.74) is 0.162. The van der Waals surface area contributed by atoms with Crippen molar-refractivity contribution in [2.75, 3.05) is 20.8 Å². The van der Waals surface area contributed by atoms with E-state index in [-0.39, 0.29) is 11.7 Å². The molecule has 0 saturated heterocycles. The van der Waals surface area contributed by atoms with Gasteiger partial charge >= 0.3 is 0 Å². The molecular formula is C11H22O3. The van der Waals surface area contributed by atoms with E-state index in [1.54, 1.807) is 14.2 Å². The third kappa shape index (κ3) is 2.94. The van der Waals surface area contributed by atoms with Crippen LogP contribution >= 0.6 is 0 Å². The molecule has 0 bridgehead atoms. The van der Waals surface area contributed by atoms with Gasteiger partial charge in [0.1, 0.15) is 0 Å². The molecule has 1 aliphatic rings. The maximum Gasteiger partial charge on any atom is 0.156 e. The van der Waals surface area contributed by atoms with Gasteiger partial charge in [0.25, 0.3) is 0 Å². The highest BCUT2D eigenvalue weighted by atomic mass is 16.7. The van der Waals surface area contributed by atoms with Crippen molar-refractivity contribution >= 4 is 0 Å². The van der Waals surface area contributed by atoms with Crippen LogP contribution < -0.4 is 0 Å². The third-order valence-electron chi connectivity index (χ3n) is 3.44. The third-order valence-corrected chi connectivity index (χ3v) is 3.44. The van der Waals surface area contributed by atoms with Gasteiger partial charge in [-0.15, -0.1) is 0 Å². The second kappa shape index (κ2) is 5.69. The fourth-order valence-corrected chi connectivity index (χ4v) is 2.37. The summed E-state index contributed by atoms with van der Waals surface area (Å²) in [5, 5.41) is 9.39. The average Bonchev–Trinajstić information content (AvgIpc) is 2.69. The highest BCUT2D eigenvalue weighted by Gasteiger charge is 2.33. The minimum absolute atomic E-state index is 0.112. The van der Waals surface area contributed by atoms with Crippen molar-refractivity contribution in [1.82, 2.24) is 0 Å². The molecular weight excluding hydrogens is 180 g/mol. The van der Waals surface area contributed by atoms with Gasteiger partial charge in [-0.3, -0.25) is 0 Å². The van der Waals surface area contributed by atoms with Crippen LogP contribution in [0.5, 0.6) is 0 Å². The first-order valence-electron chi connectivity index (χ1n) is 5.43. The quantitative estimate of drug-likeness (QED) is 0.669. The molecule has 1 saturated carbocycles. The summed E-state index contributed by atoms with van der Waals surface area (Å²) in [7, 11) is 3.32. The van der Waals surface area contributed by atoms with Crippen LogP contribution in [-0.2, 0) is 9.47 Å². The van der Waals surface area contributed by atoms with Gasteiger partial charge in [0.2, 0.25) is 0 Å². The lowest BCUT2D eigenvalue weighted by atomic mass is 9.82. The van der Waals surface area contributed by atoms with Crippen molar-refractivity contribution in [3.05, 3.63) is 0 Å². The Labute approximate surface area is 86.4 Å². The summed E-state index contributed by atoms with van der Waals surface area (Å²) >= 11 is 0. The molecule has 3 nitrogen and oxygen atoms in total. The van der Waals surface area contributed by atoms with E-state index in [0.29, 0.717) is 6.61 Å². The van der Waals surface area contributed by atoms with Crippen LogP contribution in [0.25, 0.3) is 0 Å². The molecule has 0 unspecified atom stereocenters. The van der Waals surface area contributed by atoms with Crippen LogP contribution in [0, 0.1) is 5.41 Å². The van der Waals surface area contributed by atoms with E-state index < -0.39 is 0 Å². The predicted molar refractivity (Wildman–Crippen MR) is 55.0 cm³/mol. The van der Waals surface area contributed by atoms with Gasteiger partial charge in [-0.1, -0.05) is 12.8 Å². The lowest BCUT2D eigenvalue weighted by molar-refractivity contribution is -0.112. The Morgan fingerprint density at radius 3 is 2.21 bits per heavy atom. The van der Waals surface area contributed by atoms with E-state index >= 15 is 0 Å². The summed E-state index contributed by atoms with van der Waals surface area (Å²) < 4.78 is 10.3. The summed E-state index contributed by atoms with van der Waals surface area (Å²) in [4.78, 5) is 0. The van der Waals surface area contributed by atoms with Gasteiger partial charge in [-0.2, -0.15) is 0 Å². The Bertz CT molecular complexity index is 149. The molecule has 14 heavy (non-hydrogen) atoms. The zero-order valence-corrected chi connectivity index (χ0v) is 9.29.